The van der Waals surface area contributed by atoms with Crippen LogP contribution in [0.2, 0.25) is 0 Å². The van der Waals surface area contributed by atoms with Gasteiger partial charge in [-0.2, -0.15) is 0 Å². The molecule has 3 aromatic rings. The third kappa shape index (κ3) is 5.32. The molecule has 140 valence electrons. The Balaban J connectivity index is 1.57. The van der Waals surface area contributed by atoms with Crippen molar-refractivity contribution in [1.82, 2.24) is 0 Å². The average molecular weight is 372 g/mol. The molecule has 0 radical (unpaired) electrons. The molecule has 0 atom stereocenters. The number of anilines is 2. The van der Waals surface area contributed by atoms with Crippen molar-refractivity contribution in [1.29, 1.82) is 0 Å². The lowest BCUT2D eigenvalue weighted by Crippen LogP contribution is -2.12. The van der Waals surface area contributed by atoms with Gasteiger partial charge in [0.05, 0.1) is 7.11 Å². The van der Waals surface area contributed by atoms with Gasteiger partial charge in [0, 0.05) is 23.0 Å². The second-order valence-electron chi connectivity index (χ2n) is 5.99. The molecule has 0 spiro atoms. The smallest absolute Gasteiger partial charge is 0.255 e. The predicted octanol–water partition coefficient (Wildman–Crippen LogP) is 4.60. The van der Waals surface area contributed by atoms with Crippen molar-refractivity contribution >= 4 is 29.3 Å². The molecule has 2 N–H and O–H groups in total. The van der Waals surface area contributed by atoms with E-state index < -0.39 is 0 Å². The molecule has 3 rings (SSSR count). The molecule has 0 heterocycles. The van der Waals surface area contributed by atoms with Crippen molar-refractivity contribution in [2.45, 2.75) is 0 Å². The van der Waals surface area contributed by atoms with Crippen LogP contribution in [-0.4, -0.2) is 18.9 Å². The van der Waals surface area contributed by atoms with Gasteiger partial charge in [0.1, 0.15) is 5.75 Å². The molecule has 5 nitrogen and oxygen atoms in total. The molecule has 0 aliphatic carbocycles. The molecule has 0 unspecified atom stereocenters. The number of carbonyl (C=O) groups excluding carboxylic acids is 2. The summed E-state index contributed by atoms with van der Waals surface area (Å²) in [7, 11) is 1.59. The zero-order chi connectivity index (χ0) is 19.8. The molecular formula is C23H20N2O3. The Morgan fingerprint density at radius 1 is 0.786 bits per heavy atom. The lowest BCUT2D eigenvalue weighted by molar-refractivity contribution is -0.111. The second kappa shape index (κ2) is 9.19. The summed E-state index contributed by atoms with van der Waals surface area (Å²) in [6, 6.07) is 23.4. The molecule has 0 fully saturated rings. The van der Waals surface area contributed by atoms with Crippen molar-refractivity contribution in [2.75, 3.05) is 17.7 Å². The lowest BCUT2D eigenvalue weighted by Gasteiger charge is -2.07. The van der Waals surface area contributed by atoms with Crippen LogP contribution in [0.5, 0.6) is 5.75 Å². The molecule has 5 heteroatoms. The highest BCUT2D eigenvalue weighted by atomic mass is 16.5. The minimum atomic E-state index is -0.237. The van der Waals surface area contributed by atoms with Gasteiger partial charge in [-0.25, -0.2) is 0 Å². The highest BCUT2D eigenvalue weighted by Crippen LogP contribution is 2.17. The van der Waals surface area contributed by atoms with E-state index in [-0.39, 0.29) is 11.8 Å². The van der Waals surface area contributed by atoms with Gasteiger partial charge in [-0.1, -0.05) is 30.3 Å². The zero-order valence-electron chi connectivity index (χ0n) is 15.4. The minimum Gasteiger partial charge on any atom is -0.497 e. The highest BCUT2D eigenvalue weighted by molar-refractivity contribution is 6.05. The minimum absolute atomic E-state index is 0.230. The number of amides is 2. The van der Waals surface area contributed by atoms with Crippen LogP contribution in [0.25, 0.3) is 6.08 Å². The van der Waals surface area contributed by atoms with E-state index in [0.29, 0.717) is 16.9 Å². The molecule has 0 saturated carbocycles. The monoisotopic (exact) mass is 372 g/mol. The van der Waals surface area contributed by atoms with Gasteiger partial charge in [0.2, 0.25) is 5.91 Å². The predicted molar refractivity (Wildman–Crippen MR) is 111 cm³/mol. The van der Waals surface area contributed by atoms with Crippen LogP contribution in [0.15, 0.2) is 84.9 Å². The third-order valence-electron chi connectivity index (χ3n) is 3.99. The van der Waals surface area contributed by atoms with E-state index in [2.05, 4.69) is 10.6 Å². The van der Waals surface area contributed by atoms with E-state index in [0.717, 1.165) is 11.3 Å². The van der Waals surface area contributed by atoms with Gasteiger partial charge < -0.3 is 15.4 Å². The Kier molecular flexibility index (Phi) is 6.21. The van der Waals surface area contributed by atoms with Gasteiger partial charge in [0.25, 0.3) is 5.91 Å². The number of hydrogen-bond donors (Lipinski definition) is 2. The molecule has 2 amide bonds. The first-order valence-electron chi connectivity index (χ1n) is 8.73. The summed E-state index contributed by atoms with van der Waals surface area (Å²) in [6.07, 6.45) is 3.21. The first-order chi connectivity index (χ1) is 13.6. The maximum atomic E-state index is 12.3. The Morgan fingerprint density at radius 2 is 1.39 bits per heavy atom. The van der Waals surface area contributed by atoms with Crippen LogP contribution < -0.4 is 15.4 Å². The maximum absolute atomic E-state index is 12.3. The summed E-state index contributed by atoms with van der Waals surface area (Å²) < 4.78 is 5.09. The van der Waals surface area contributed by atoms with E-state index in [1.165, 1.54) is 6.08 Å². The molecule has 28 heavy (non-hydrogen) atoms. The van der Waals surface area contributed by atoms with E-state index in [1.54, 1.807) is 61.7 Å². The molecule has 0 aliphatic rings. The number of carbonyl (C=O) groups is 2. The molecule has 0 saturated heterocycles. The summed E-state index contributed by atoms with van der Waals surface area (Å²) in [5, 5.41) is 5.58. The fourth-order valence-electron chi connectivity index (χ4n) is 2.50. The Labute approximate surface area is 163 Å². The van der Waals surface area contributed by atoms with Gasteiger partial charge in [-0.3, -0.25) is 9.59 Å². The van der Waals surface area contributed by atoms with E-state index in [9.17, 15) is 9.59 Å². The third-order valence-corrected chi connectivity index (χ3v) is 3.99. The summed E-state index contributed by atoms with van der Waals surface area (Å²) >= 11 is 0. The Morgan fingerprint density at radius 3 is 2.04 bits per heavy atom. The van der Waals surface area contributed by atoms with Crippen molar-refractivity contribution < 1.29 is 14.3 Å². The fourth-order valence-corrected chi connectivity index (χ4v) is 2.50. The summed E-state index contributed by atoms with van der Waals surface area (Å²) in [6.45, 7) is 0. The Hall–Kier alpha value is -3.86. The average Bonchev–Trinajstić information content (AvgIpc) is 2.74. The lowest BCUT2D eigenvalue weighted by atomic mass is 10.2. The number of methoxy groups -OCH3 is 1. The fraction of sp³-hybridized carbons (Fsp3) is 0.0435. The van der Waals surface area contributed by atoms with Crippen LogP contribution >= 0.6 is 0 Å². The zero-order valence-corrected chi connectivity index (χ0v) is 15.4. The first kappa shape index (κ1) is 18.9. The van der Waals surface area contributed by atoms with Crippen molar-refractivity contribution in [2.24, 2.45) is 0 Å². The topological polar surface area (TPSA) is 67.4 Å². The van der Waals surface area contributed by atoms with Gasteiger partial charge in [-0.15, -0.1) is 0 Å². The molecule has 0 aliphatic heterocycles. The summed E-state index contributed by atoms with van der Waals surface area (Å²) in [5.41, 5.74) is 2.73. The van der Waals surface area contributed by atoms with Crippen LogP contribution in [0.1, 0.15) is 15.9 Å². The van der Waals surface area contributed by atoms with Crippen molar-refractivity contribution in [3.8, 4) is 5.75 Å². The normalized spacial score (nSPS) is 10.5. The Bertz CT molecular complexity index is 963. The number of nitrogens with one attached hydrogen (secondary N) is 2. The largest absolute Gasteiger partial charge is 0.497 e. The van der Waals surface area contributed by atoms with Crippen LogP contribution in [0.3, 0.4) is 0 Å². The van der Waals surface area contributed by atoms with Crippen LogP contribution in [-0.2, 0) is 4.79 Å². The molecule has 0 bridgehead atoms. The number of ether oxygens (including phenoxy) is 1. The SMILES string of the molecule is COc1ccc(NC(=O)c2ccc(NC(=O)/C=C/c3ccccc3)cc2)cc1. The number of rotatable bonds is 6. The maximum Gasteiger partial charge on any atom is 0.255 e. The van der Waals surface area contributed by atoms with Crippen LogP contribution in [0.4, 0.5) is 11.4 Å². The van der Waals surface area contributed by atoms with Gasteiger partial charge in [0.15, 0.2) is 0 Å². The number of hydrogen-bond acceptors (Lipinski definition) is 3. The van der Waals surface area contributed by atoms with Crippen molar-refractivity contribution in [3.63, 3.8) is 0 Å². The highest BCUT2D eigenvalue weighted by Gasteiger charge is 2.07. The van der Waals surface area contributed by atoms with Crippen LogP contribution in [0, 0.1) is 0 Å². The van der Waals surface area contributed by atoms with Gasteiger partial charge in [-0.05, 0) is 60.2 Å². The molecular weight excluding hydrogens is 352 g/mol. The second-order valence-corrected chi connectivity index (χ2v) is 5.99. The molecule has 0 aromatic heterocycles. The molecule has 3 aromatic carbocycles. The first-order valence-corrected chi connectivity index (χ1v) is 8.73. The quantitative estimate of drug-likeness (QED) is 0.622. The number of benzene rings is 3. The standard InChI is InChI=1S/C23H20N2O3/c1-28-21-14-12-20(13-15-21)25-23(27)18-8-10-19(11-9-18)24-22(26)16-7-17-5-3-2-4-6-17/h2-16H,1H3,(H,24,26)(H,25,27)/b16-7+. The summed E-state index contributed by atoms with van der Waals surface area (Å²) in [5.74, 6) is 0.255. The van der Waals surface area contributed by atoms with Gasteiger partial charge >= 0.3 is 0 Å². The van der Waals surface area contributed by atoms with Crippen molar-refractivity contribution in [3.05, 3.63) is 96.1 Å². The van der Waals surface area contributed by atoms with E-state index in [4.69, 9.17) is 4.74 Å². The van der Waals surface area contributed by atoms with E-state index >= 15 is 0 Å². The van der Waals surface area contributed by atoms with E-state index in [1.807, 2.05) is 30.3 Å². The summed E-state index contributed by atoms with van der Waals surface area (Å²) in [4.78, 5) is 24.3.